The van der Waals surface area contributed by atoms with Gasteiger partial charge in [0.15, 0.2) is 6.54 Å². The van der Waals surface area contributed by atoms with Crippen molar-refractivity contribution in [2.45, 2.75) is 45.2 Å². The van der Waals surface area contributed by atoms with E-state index >= 15 is 0 Å². The molecule has 0 spiro atoms. The first-order valence-corrected chi connectivity index (χ1v) is 9.43. The number of methoxy groups -OCH3 is 1. The van der Waals surface area contributed by atoms with Crippen LogP contribution in [0.4, 0.5) is 5.69 Å². The standard InChI is InChI=1S/C22H28N2O2/c1-16(2)18-10-8-17(9-11-18)14-24(19-12-13-19)15-22(25)23-20-6-4-5-7-21(20)26-3/h4-11,16,19H,12-15H2,1-3H3,(H,23,25)/p+1. The zero-order chi connectivity index (χ0) is 18.5. The molecule has 1 atom stereocenters. The molecule has 0 aliphatic heterocycles. The summed E-state index contributed by atoms with van der Waals surface area (Å²) in [7, 11) is 1.62. The van der Waals surface area contributed by atoms with Crippen LogP contribution in [-0.2, 0) is 11.3 Å². The van der Waals surface area contributed by atoms with Gasteiger partial charge in [-0.05, 0) is 23.6 Å². The summed E-state index contributed by atoms with van der Waals surface area (Å²) in [4.78, 5) is 13.9. The van der Waals surface area contributed by atoms with Crippen LogP contribution in [0.25, 0.3) is 0 Å². The molecule has 0 heterocycles. The lowest BCUT2D eigenvalue weighted by Crippen LogP contribution is -3.13. The number of carbonyl (C=O) groups excluding carboxylic acids is 1. The molecule has 1 aliphatic carbocycles. The predicted octanol–water partition coefficient (Wildman–Crippen LogP) is 3.00. The summed E-state index contributed by atoms with van der Waals surface area (Å²) in [5, 5.41) is 3.00. The molecule has 0 radical (unpaired) electrons. The van der Waals surface area contributed by atoms with E-state index in [2.05, 4.69) is 43.4 Å². The van der Waals surface area contributed by atoms with Gasteiger partial charge in [-0.2, -0.15) is 0 Å². The minimum absolute atomic E-state index is 0.0372. The Morgan fingerprint density at radius 3 is 2.46 bits per heavy atom. The Labute approximate surface area is 156 Å². The third-order valence-electron chi connectivity index (χ3n) is 5.00. The van der Waals surface area contributed by atoms with Crippen molar-refractivity contribution in [3.63, 3.8) is 0 Å². The Hall–Kier alpha value is -2.33. The fourth-order valence-corrected chi connectivity index (χ4v) is 3.27. The molecular weight excluding hydrogens is 324 g/mol. The lowest BCUT2D eigenvalue weighted by atomic mass is 10.0. The van der Waals surface area contributed by atoms with Crippen molar-refractivity contribution in [2.24, 2.45) is 0 Å². The molecule has 1 fully saturated rings. The SMILES string of the molecule is COc1ccccc1NC(=O)C[NH+](Cc1ccc(C(C)C)cc1)C1CC1. The Balaban J connectivity index is 1.62. The molecule has 1 amide bonds. The highest BCUT2D eigenvalue weighted by Gasteiger charge is 2.34. The van der Waals surface area contributed by atoms with Crippen molar-refractivity contribution in [3.8, 4) is 5.75 Å². The molecule has 1 unspecified atom stereocenters. The van der Waals surface area contributed by atoms with Gasteiger partial charge in [-0.15, -0.1) is 0 Å². The van der Waals surface area contributed by atoms with Crippen molar-refractivity contribution in [1.29, 1.82) is 0 Å². The number of nitrogens with one attached hydrogen (secondary N) is 2. The van der Waals surface area contributed by atoms with Crippen LogP contribution in [0.1, 0.15) is 43.7 Å². The summed E-state index contributed by atoms with van der Waals surface area (Å²) in [5.74, 6) is 1.27. The molecule has 0 aromatic heterocycles. The fraction of sp³-hybridized carbons (Fsp3) is 0.409. The Kier molecular flexibility index (Phi) is 5.94. The fourth-order valence-electron chi connectivity index (χ4n) is 3.27. The molecule has 3 rings (SSSR count). The van der Waals surface area contributed by atoms with E-state index in [1.165, 1.54) is 28.9 Å². The largest absolute Gasteiger partial charge is 0.495 e. The maximum absolute atomic E-state index is 12.6. The van der Waals surface area contributed by atoms with E-state index < -0.39 is 0 Å². The van der Waals surface area contributed by atoms with Crippen LogP contribution < -0.4 is 15.0 Å². The molecule has 0 saturated heterocycles. The van der Waals surface area contributed by atoms with Crippen LogP contribution in [0.15, 0.2) is 48.5 Å². The van der Waals surface area contributed by atoms with Crippen molar-refractivity contribution in [3.05, 3.63) is 59.7 Å². The van der Waals surface area contributed by atoms with E-state index in [0.29, 0.717) is 24.3 Å². The van der Waals surface area contributed by atoms with Gasteiger partial charge in [-0.3, -0.25) is 4.79 Å². The number of benzene rings is 2. The van der Waals surface area contributed by atoms with E-state index in [9.17, 15) is 4.79 Å². The number of hydrogen-bond acceptors (Lipinski definition) is 2. The quantitative estimate of drug-likeness (QED) is 0.766. The summed E-state index contributed by atoms with van der Waals surface area (Å²) in [6.07, 6.45) is 2.42. The molecule has 1 aliphatic rings. The predicted molar refractivity (Wildman–Crippen MR) is 105 cm³/mol. The van der Waals surface area contributed by atoms with Gasteiger partial charge in [0.05, 0.1) is 18.8 Å². The van der Waals surface area contributed by atoms with Crippen LogP contribution in [0.3, 0.4) is 0 Å². The number of ether oxygens (including phenoxy) is 1. The maximum Gasteiger partial charge on any atom is 0.279 e. The topological polar surface area (TPSA) is 42.8 Å². The first kappa shape index (κ1) is 18.5. The van der Waals surface area contributed by atoms with Gasteiger partial charge in [0.2, 0.25) is 0 Å². The van der Waals surface area contributed by atoms with Crippen molar-refractivity contribution in [2.75, 3.05) is 19.0 Å². The van der Waals surface area contributed by atoms with Crippen molar-refractivity contribution < 1.29 is 14.4 Å². The number of amides is 1. The summed E-state index contributed by atoms with van der Waals surface area (Å²) in [6.45, 7) is 5.79. The minimum atomic E-state index is 0.0372. The number of anilines is 1. The average Bonchev–Trinajstić information content (AvgIpc) is 3.47. The Morgan fingerprint density at radius 2 is 1.85 bits per heavy atom. The monoisotopic (exact) mass is 353 g/mol. The second kappa shape index (κ2) is 8.37. The van der Waals surface area contributed by atoms with Crippen molar-refractivity contribution >= 4 is 11.6 Å². The number of quaternary nitrogens is 1. The highest BCUT2D eigenvalue weighted by atomic mass is 16.5. The van der Waals surface area contributed by atoms with Gasteiger partial charge in [-0.25, -0.2) is 0 Å². The van der Waals surface area contributed by atoms with E-state index in [1.807, 2.05) is 24.3 Å². The number of carbonyl (C=O) groups is 1. The molecule has 2 N–H and O–H groups in total. The number of hydrogen-bond donors (Lipinski definition) is 2. The second-order valence-electron chi connectivity index (χ2n) is 7.43. The zero-order valence-electron chi connectivity index (χ0n) is 15.9. The van der Waals surface area contributed by atoms with Crippen LogP contribution in [0.2, 0.25) is 0 Å². The first-order chi connectivity index (χ1) is 12.6. The summed E-state index contributed by atoms with van der Waals surface area (Å²) in [6, 6.07) is 17.0. The van der Waals surface area contributed by atoms with E-state index in [0.717, 1.165) is 12.2 Å². The van der Waals surface area contributed by atoms with E-state index in [-0.39, 0.29) is 5.91 Å². The van der Waals surface area contributed by atoms with Gasteiger partial charge in [-0.1, -0.05) is 50.2 Å². The summed E-state index contributed by atoms with van der Waals surface area (Å²) >= 11 is 0. The third kappa shape index (κ3) is 4.85. The molecular formula is C22H29N2O2+. The average molecular weight is 353 g/mol. The molecule has 0 bridgehead atoms. The molecule has 26 heavy (non-hydrogen) atoms. The zero-order valence-corrected chi connectivity index (χ0v) is 15.9. The molecule has 138 valence electrons. The third-order valence-corrected chi connectivity index (χ3v) is 5.00. The molecule has 2 aromatic rings. The summed E-state index contributed by atoms with van der Waals surface area (Å²) < 4.78 is 5.32. The van der Waals surface area contributed by atoms with E-state index in [4.69, 9.17) is 4.74 Å². The van der Waals surface area contributed by atoms with Gasteiger partial charge in [0.1, 0.15) is 12.3 Å². The maximum atomic E-state index is 12.6. The van der Waals surface area contributed by atoms with Crippen LogP contribution in [-0.4, -0.2) is 25.6 Å². The normalized spacial score (nSPS) is 14.9. The van der Waals surface area contributed by atoms with Gasteiger partial charge < -0.3 is 15.0 Å². The number of rotatable bonds is 8. The highest BCUT2D eigenvalue weighted by Crippen LogP contribution is 2.23. The smallest absolute Gasteiger partial charge is 0.279 e. The summed E-state index contributed by atoms with van der Waals surface area (Å²) in [5.41, 5.74) is 3.38. The second-order valence-corrected chi connectivity index (χ2v) is 7.43. The molecule has 4 nitrogen and oxygen atoms in total. The van der Waals surface area contributed by atoms with Gasteiger partial charge in [0, 0.05) is 18.4 Å². The Bertz CT molecular complexity index is 736. The lowest BCUT2D eigenvalue weighted by Gasteiger charge is -2.19. The number of para-hydroxylation sites is 2. The molecule has 4 heteroatoms. The van der Waals surface area contributed by atoms with Crippen LogP contribution in [0, 0.1) is 0 Å². The minimum Gasteiger partial charge on any atom is -0.495 e. The first-order valence-electron chi connectivity index (χ1n) is 9.43. The Morgan fingerprint density at radius 1 is 1.15 bits per heavy atom. The van der Waals surface area contributed by atoms with Crippen LogP contribution >= 0.6 is 0 Å². The van der Waals surface area contributed by atoms with Gasteiger partial charge >= 0.3 is 0 Å². The lowest BCUT2D eigenvalue weighted by molar-refractivity contribution is -0.916. The van der Waals surface area contributed by atoms with E-state index in [1.54, 1.807) is 7.11 Å². The van der Waals surface area contributed by atoms with Crippen molar-refractivity contribution in [1.82, 2.24) is 0 Å². The highest BCUT2D eigenvalue weighted by molar-refractivity contribution is 5.92. The molecule has 2 aromatic carbocycles. The van der Waals surface area contributed by atoms with Gasteiger partial charge in [0.25, 0.3) is 5.91 Å². The van der Waals surface area contributed by atoms with Crippen LogP contribution in [0.5, 0.6) is 5.75 Å². The molecule has 1 saturated carbocycles.